The smallest absolute Gasteiger partial charge is 0.254 e. The number of anilines is 1. The zero-order valence-corrected chi connectivity index (χ0v) is 11.6. The molecule has 1 aromatic carbocycles. The molecule has 2 aromatic rings. The van der Waals surface area contributed by atoms with Crippen LogP contribution in [0, 0.1) is 5.82 Å². The van der Waals surface area contributed by atoms with Gasteiger partial charge in [0.2, 0.25) is 0 Å². The minimum atomic E-state index is -0.486. The molecule has 1 amide bonds. The quantitative estimate of drug-likeness (QED) is 0.943. The van der Waals surface area contributed by atoms with Crippen LogP contribution >= 0.6 is 11.3 Å². The van der Waals surface area contributed by atoms with Crippen LogP contribution in [0.1, 0.15) is 16.8 Å². The Hall–Kier alpha value is -1.95. The van der Waals surface area contributed by atoms with Crippen LogP contribution < -0.4 is 10.2 Å². The summed E-state index contributed by atoms with van der Waals surface area (Å²) in [5, 5.41) is 5.78. The summed E-state index contributed by atoms with van der Waals surface area (Å²) in [6.45, 7) is 1.57. The van der Waals surface area contributed by atoms with E-state index in [1.54, 1.807) is 29.7 Å². The van der Waals surface area contributed by atoms with Gasteiger partial charge in [-0.25, -0.2) is 9.37 Å². The van der Waals surface area contributed by atoms with Crippen molar-refractivity contribution in [2.24, 2.45) is 0 Å². The van der Waals surface area contributed by atoms with Gasteiger partial charge in [0.25, 0.3) is 5.91 Å². The summed E-state index contributed by atoms with van der Waals surface area (Å²) in [7, 11) is 0. The number of carbonyl (C=O) groups excluding carboxylic acids is 1. The van der Waals surface area contributed by atoms with Gasteiger partial charge in [-0.2, -0.15) is 0 Å². The van der Waals surface area contributed by atoms with Crippen molar-refractivity contribution < 1.29 is 9.18 Å². The first kappa shape index (κ1) is 13.1. The second kappa shape index (κ2) is 5.58. The monoisotopic (exact) mass is 291 g/mol. The zero-order valence-electron chi connectivity index (χ0n) is 10.8. The lowest BCUT2D eigenvalue weighted by molar-refractivity contribution is 0.0936. The summed E-state index contributed by atoms with van der Waals surface area (Å²) < 4.78 is 13.5. The van der Waals surface area contributed by atoms with Crippen molar-refractivity contribution in [3.8, 4) is 0 Å². The van der Waals surface area contributed by atoms with Crippen LogP contribution in [0.4, 0.5) is 9.52 Å². The highest BCUT2D eigenvalue weighted by molar-refractivity contribution is 7.13. The largest absolute Gasteiger partial charge is 0.347 e. The number of hydrogen-bond donors (Lipinski definition) is 1. The van der Waals surface area contributed by atoms with E-state index in [0.717, 1.165) is 18.1 Å². The minimum absolute atomic E-state index is 0.0333. The fraction of sp³-hybridized carbons (Fsp3) is 0.286. The number of nitrogens with one attached hydrogen (secondary N) is 1. The molecule has 1 aliphatic rings. The number of hydrogen-bond acceptors (Lipinski definition) is 4. The summed E-state index contributed by atoms with van der Waals surface area (Å²) in [4.78, 5) is 18.4. The lowest BCUT2D eigenvalue weighted by Crippen LogP contribution is -2.37. The van der Waals surface area contributed by atoms with Crippen LogP contribution in [0.15, 0.2) is 35.8 Å². The first-order chi connectivity index (χ1) is 9.74. The van der Waals surface area contributed by atoms with Crippen LogP contribution in [0.2, 0.25) is 0 Å². The Labute approximate surface area is 120 Å². The number of aromatic nitrogens is 1. The average Bonchev–Trinajstić information content (AvgIpc) is 3.09. The van der Waals surface area contributed by atoms with E-state index in [2.05, 4.69) is 15.2 Å². The van der Waals surface area contributed by atoms with Gasteiger partial charge >= 0.3 is 0 Å². The van der Waals surface area contributed by atoms with Crippen molar-refractivity contribution in [2.45, 2.75) is 12.5 Å². The Kier molecular flexibility index (Phi) is 3.64. The molecule has 0 saturated carbocycles. The molecule has 1 atom stereocenters. The van der Waals surface area contributed by atoms with Crippen molar-refractivity contribution in [3.63, 3.8) is 0 Å². The highest BCUT2D eigenvalue weighted by Crippen LogP contribution is 2.22. The van der Waals surface area contributed by atoms with E-state index >= 15 is 0 Å². The van der Waals surface area contributed by atoms with E-state index in [4.69, 9.17) is 0 Å². The Morgan fingerprint density at radius 1 is 1.45 bits per heavy atom. The van der Waals surface area contributed by atoms with Gasteiger partial charge < -0.3 is 10.2 Å². The normalized spacial score (nSPS) is 18.2. The van der Waals surface area contributed by atoms with Crippen LogP contribution in [0.5, 0.6) is 0 Å². The molecular weight excluding hydrogens is 277 g/mol. The Balaban J connectivity index is 1.62. The van der Waals surface area contributed by atoms with Gasteiger partial charge in [0.15, 0.2) is 5.13 Å². The van der Waals surface area contributed by atoms with E-state index in [9.17, 15) is 9.18 Å². The molecule has 0 radical (unpaired) electrons. The van der Waals surface area contributed by atoms with Crippen molar-refractivity contribution in [1.29, 1.82) is 0 Å². The van der Waals surface area contributed by atoms with E-state index < -0.39 is 5.82 Å². The van der Waals surface area contributed by atoms with Crippen molar-refractivity contribution in [2.75, 3.05) is 18.0 Å². The lowest BCUT2D eigenvalue weighted by Gasteiger charge is -2.15. The average molecular weight is 291 g/mol. The maximum Gasteiger partial charge on any atom is 0.254 e. The van der Waals surface area contributed by atoms with Gasteiger partial charge in [-0.3, -0.25) is 4.79 Å². The first-order valence-electron chi connectivity index (χ1n) is 6.44. The summed E-state index contributed by atoms with van der Waals surface area (Å²) in [5.41, 5.74) is 0.0974. The van der Waals surface area contributed by atoms with Crippen LogP contribution in [0.3, 0.4) is 0 Å². The Morgan fingerprint density at radius 2 is 2.30 bits per heavy atom. The fourth-order valence-corrected chi connectivity index (χ4v) is 3.01. The van der Waals surface area contributed by atoms with E-state index in [1.807, 2.05) is 5.38 Å². The van der Waals surface area contributed by atoms with Gasteiger partial charge in [0.05, 0.1) is 5.56 Å². The van der Waals surface area contributed by atoms with Crippen LogP contribution in [0.25, 0.3) is 0 Å². The number of amides is 1. The second-order valence-electron chi connectivity index (χ2n) is 4.70. The van der Waals surface area contributed by atoms with Crippen molar-refractivity contribution in [1.82, 2.24) is 10.3 Å². The van der Waals surface area contributed by atoms with Crippen molar-refractivity contribution >= 4 is 22.4 Å². The molecule has 1 aliphatic heterocycles. The summed E-state index contributed by atoms with van der Waals surface area (Å²) in [5.74, 6) is -0.839. The molecule has 6 heteroatoms. The molecule has 0 unspecified atom stereocenters. The highest BCUT2D eigenvalue weighted by Gasteiger charge is 2.26. The molecule has 1 fully saturated rings. The molecule has 104 valence electrons. The number of carbonyl (C=O) groups is 1. The summed E-state index contributed by atoms with van der Waals surface area (Å²) >= 11 is 1.58. The van der Waals surface area contributed by atoms with Crippen molar-refractivity contribution in [3.05, 3.63) is 47.2 Å². The Bertz CT molecular complexity index is 602. The SMILES string of the molecule is O=C(N[C@H]1CCN(c2nccs2)C1)c1ccccc1F. The molecule has 4 nitrogen and oxygen atoms in total. The molecule has 0 bridgehead atoms. The standard InChI is InChI=1S/C14H14FN3OS/c15-12-4-2-1-3-11(12)13(19)17-10-5-7-18(9-10)14-16-6-8-20-14/h1-4,6,8,10H,5,7,9H2,(H,17,19)/t10-/m0/s1. The topological polar surface area (TPSA) is 45.2 Å². The number of halogens is 1. The maximum atomic E-state index is 13.5. The number of benzene rings is 1. The highest BCUT2D eigenvalue weighted by atomic mass is 32.1. The molecule has 0 aliphatic carbocycles. The third-order valence-electron chi connectivity index (χ3n) is 3.33. The molecule has 20 heavy (non-hydrogen) atoms. The van der Waals surface area contributed by atoms with E-state index in [0.29, 0.717) is 6.54 Å². The molecule has 1 saturated heterocycles. The van der Waals surface area contributed by atoms with Crippen LogP contribution in [-0.4, -0.2) is 30.0 Å². The van der Waals surface area contributed by atoms with Gasteiger partial charge in [0.1, 0.15) is 5.82 Å². The predicted molar refractivity (Wildman–Crippen MR) is 76.6 cm³/mol. The van der Waals surface area contributed by atoms with Gasteiger partial charge in [-0.1, -0.05) is 12.1 Å². The van der Waals surface area contributed by atoms with Gasteiger partial charge in [-0.15, -0.1) is 11.3 Å². The van der Waals surface area contributed by atoms with Gasteiger partial charge in [0, 0.05) is 30.7 Å². The minimum Gasteiger partial charge on any atom is -0.347 e. The Morgan fingerprint density at radius 3 is 3.05 bits per heavy atom. The molecule has 1 N–H and O–H groups in total. The summed E-state index contributed by atoms with van der Waals surface area (Å²) in [6.07, 6.45) is 2.62. The van der Waals surface area contributed by atoms with Gasteiger partial charge in [-0.05, 0) is 18.6 Å². The van der Waals surface area contributed by atoms with E-state index in [-0.39, 0.29) is 17.5 Å². The molecule has 0 spiro atoms. The molecular formula is C14H14FN3OS. The zero-order chi connectivity index (χ0) is 13.9. The molecule has 3 rings (SSSR count). The maximum absolute atomic E-state index is 13.5. The predicted octanol–water partition coefficient (Wildman–Crippen LogP) is 2.29. The molecule has 1 aromatic heterocycles. The van der Waals surface area contributed by atoms with Crippen LogP contribution in [-0.2, 0) is 0 Å². The number of nitrogens with zero attached hydrogens (tertiary/aromatic N) is 2. The molecule has 2 heterocycles. The van der Waals surface area contributed by atoms with E-state index in [1.165, 1.54) is 12.1 Å². The number of thiazole rings is 1. The lowest BCUT2D eigenvalue weighted by atomic mass is 10.1. The number of rotatable bonds is 3. The first-order valence-corrected chi connectivity index (χ1v) is 7.32. The third kappa shape index (κ3) is 2.65. The fourth-order valence-electron chi connectivity index (χ4n) is 2.33. The second-order valence-corrected chi connectivity index (χ2v) is 5.57. The summed E-state index contributed by atoms with van der Waals surface area (Å²) in [6, 6.07) is 6.07. The third-order valence-corrected chi connectivity index (χ3v) is 4.16.